The van der Waals surface area contributed by atoms with Gasteiger partial charge in [-0.2, -0.15) is 0 Å². The maximum absolute atomic E-state index is 12.4. The lowest BCUT2D eigenvalue weighted by atomic mass is 9.94. The van der Waals surface area contributed by atoms with Gasteiger partial charge in [-0.3, -0.25) is 4.90 Å². The number of esters is 1. The minimum absolute atomic E-state index is 0.300. The molecule has 0 aromatic heterocycles. The molecule has 23 heavy (non-hydrogen) atoms. The third-order valence-electron chi connectivity index (χ3n) is 3.64. The lowest BCUT2D eigenvalue weighted by Gasteiger charge is -2.36. The molecule has 1 aromatic carbocycles. The van der Waals surface area contributed by atoms with Crippen molar-refractivity contribution in [2.45, 2.75) is 45.4 Å². The summed E-state index contributed by atoms with van der Waals surface area (Å²) in [5.74, 6) is 0.266. The van der Waals surface area contributed by atoms with E-state index in [2.05, 4.69) is 0 Å². The van der Waals surface area contributed by atoms with Gasteiger partial charge in [-0.1, -0.05) is 6.07 Å². The molecule has 1 aromatic rings. The third kappa shape index (κ3) is 3.94. The second-order valence-electron chi connectivity index (χ2n) is 6.49. The number of hydrogen-bond donors (Lipinski definition) is 0. The van der Waals surface area contributed by atoms with Crippen LogP contribution in [-0.2, 0) is 27.2 Å². The van der Waals surface area contributed by atoms with E-state index in [4.69, 9.17) is 14.2 Å². The Morgan fingerprint density at radius 1 is 1.17 bits per heavy atom. The van der Waals surface area contributed by atoms with Gasteiger partial charge in [0.15, 0.2) is 0 Å². The summed E-state index contributed by atoms with van der Waals surface area (Å²) in [4.78, 5) is 26.0. The van der Waals surface area contributed by atoms with Crippen molar-refractivity contribution in [1.82, 2.24) is 4.90 Å². The molecule has 6 heteroatoms. The van der Waals surface area contributed by atoms with E-state index in [1.165, 1.54) is 12.0 Å². The molecule has 1 heterocycles. The fourth-order valence-corrected chi connectivity index (χ4v) is 2.54. The molecule has 1 unspecified atom stereocenters. The van der Waals surface area contributed by atoms with Crippen LogP contribution in [0.1, 0.15) is 31.9 Å². The molecule has 0 spiro atoms. The SMILES string of the molecule is COC(=O)C1Cc2cc(OC)ccc2CN1C(=O)OC(C)(C)C. The number of hydrogen-bond acceptors (Lipinski definition) is 5. The van der Waals surface area contributed by atoms with E-state index in [9.17, 15) is 9.59 Å². The number of rotatable bonds is 2. The molecular formula is C17H23NO5. The number of amides is 1. The van der Waals surface area contributed by atoms with E-state index in [0.29, 0.717) is 13.0 Å². The summed E-state index contributed by atoms with van der Waals surface area (Å²) >= 11 is 0. The van der Waals surface area contributed by atoms with E-state index in [0.717, 1.165) is 16.9 Å². The highest BCUT2D eigenvalue weighted by atomic mass is 16.6. The number of methoxy groups -OCH3 is 2. The molecule has 0 fully saturated rings. The topological polar surface area (TPSA) is 65.1 Å². The molecule has 0 saturated heterocycles. The van der Waals surface area contributed by atoms with Gasteiger partial charge in [-0.05, 0) is 44.0 Å². The van der Waals surface area contributed by atoms with Gasteiger partial charge < -0.3 is 14.2 Å². The molecule has 1 atom stereocenters. The fourth-order valence-electron chi connectivity index (χ4n) is 2.54. The average molecular weight is 321 g/mol. The van der Waals surface area contributed by atoms with E-state index in [1.807, 2.05) is 18.2 Å². The Morgan fingerprint density at radius 2 is 1.87 bits per heavy atom. The molecule has 1 aliphatic rings. The number of ether oxygens (including phenoxy) is 3. The average Bonchev–Trinajstić information content (AvgIpc) is 2.50. The van der Waals surface area contributed by atoms with Crippen molar-refractivity contribution in [3.8, 4) is 5.75 Å². The number of carbonyl (C=O) groups is 2. The molecule has 0 bridgehead atoms. The number of carbonyl (C=O) groups excluding carboxylic acids is 2. The first-order valence-corrected chi connectivity index (χ1v) is 7.48. The highest BCUT2D eigenvalue weighted by Gasteiger charge is 2.37. The Bertz CT molecular complexity index is 605. The van der Waals surface area contributed by atoms with Gasteiger partial charge in [0.1, 0.15) is 17.4 Å². The summed E-state index contributed by atoms with van der Waals surface area (Å²) in [7, 11) is 2.91. The van der Waals surface area contributed by atoms with Crippen LogP contribution in [0.5, 0.6) is 5.75 Å². The molecule has 0 N–H and O–H groups in total. The van der Waals surface area contributed by atoms with Crippen molar-refractivity contribution >= 4 is 12.1 Å². The molecular weight excluding hydrogens is 298 g/mol. The van der Waals surface area contributed by atoms with Crippen molar-refractivity contribution in [3.63, 3.8) is 0 Å². The molecule has 0 saturated carbocycles. The first kappa shape index (κ1) is 17.1. The quantitative estimate of drug-likeness (QED) is 0.783. The van der Waals surface area contributed by atoms with E-state index >= 15 is 0 Å². The molecule has 1 amide bonds. The predicted molar refractivity (Wildman–Crippen MR) is 84.3 cm³/mol. The van der Waals surface area contributed by atoms with Gasteiger partial charge in [0.05, 0.1) is 20.8 Å². The van der Waals surface area contributed by atoms with Crippen molar-refractivity contribution in [2.75, 3.05) is 14.2 Å². The van der Waals surface area contributed by atoms with Crippen LogP contribution in [0.15, 0.2) is 18.2 Å². The lowest BCUT2D eigenvalue weighted by molar-refractivity contribution is -0.147. The Labute approximate surface area is 136 Å². The lowest BCUT2D eigenvalue weighted by Crippen LogP contribution is -2.50. The molecule has 0 radical (unpaired) electrons. The number of benzene rings is 1. The second-order valence-corrected chi connectivity index (χ2v) is 6.49. The zero-order chi connectivity index (χ0) is 17.2. The fraction of sp³-hybridized carbons (Fsp3) is 0.529. The van der Waals surface area contributed by atoms with E-state index in [-0.39, 0.29) is 0 Å². The predicted octanol–water partition coefficient (Wildman–Crippen LogP) is 2.53. The summed E-state index contributed by atoms with van der Waals surface area (Å²) < 4.78 is 15.5. The van der Waals surface area contributed by atoms with Crippen molar-refractivity contribution in [2.24, 2.45) is 0 Å². The highest BCUT2D eigenvalue weighted by Crippen LogP contribution is 2.28. The van der Waals surface area contributed by atoms with Gasteiger partial charge in [0.25, 0.3) is 0 Å². The summed E-state index contributed by atoms with van der Waals surface area (Å²) in [5.41, 5.74) is 1.31. The maximum Gasteiger partial charge on any atom is 0.411 e. The second kappa shape index (κ2) is 6.48. The minimum atomic E-state index is -0.700. The van der Waals surface area contributed by atoms with Crippen LogP contribution in [0.2, 0.25) is 0 Å². The summed E-state index contributed by atoms with van der Waals surface area (Å²) in [6.07, 6.45) is -0.146. The normalized spacial score (nSPS) is 17.3. The van der Waals surface area contributed by atoms with Crippen LogP contribution in [0, 0.1) is 0 Å². The number of nitrogens with zero attached hydrogens (tertiary/aromatic N) is 1. The van der Waals surface area contributed by atoms with Crippen LogP contribution >= 0.6 is 0 Å². The Hall–Kier alpha value is -2.24. The smallest absolute Gasteiger partial charge is 0.411 e. The molecule has 1 aliphatic heterocycles. The van der Waals surface area contributed by atoms with Crippen LogP contribution in [0.25, 0.3) is 0 Å². The highest BCUT2D eigenvalue weighted by molar-refractivity contribution is 5.82. The standard InChI is InChI=1S/C17H23NO5/c1-17(2,3)23-16(20)18-10-11-6-7-13(21-4)8-12(11)9-14(18)15(19)22-5/h6-8,14H,9-10H2,1-5H3. The number of fused-ring (bicyclic) bond motifs is 1. The molecule has 6 nitrogen and oxygen atoms in total. The first-order valence-electron chi connectivity index (χ1n) is 7.48. The van der Waals surface area contributed by atoms with E-state index in [1.54, 1.807) is 27.9 Å². The van der Waals surface area contributed by atoms with Gasteiger partial charge in [0, 0.05) is 6.42 Å². The maximum atomic E-state index is 12.4. The Kier molecular flexibility index (Phi) is 4.82. The zero-order valence-electron chi connectivity index (χ0n) is 14.2. The monoisotopic (exact) mass is 321 g/mol. The van der Waals surface area contributed by atoms with Crippen LogP contribution < -0.4 is 4.74 Å². The van der Waals surface area contributed by atoms with Gasteiger partial charge >= 0.3 is 12.1 Å². The van der Waals surface area contributed by atoms with Crippen LogP contribution in [-0.4, -0.2) is 42.8 Å². The Balaban J connectivity index is 2.32. The van der Waals surface area contributed by atoms with Crippen LogP contribution in [0.4, 0.5) is 4.79 Å². The van der Waals surface area contributed by atoms with Crippen molar-refractivity contribution < 1.29 is 23.8 Å². The molecule has 2 rings (SSSR count). The summed E-state index contributed by atoms with van der Waals surface area (Å²) in [6.45, 7) is 5.68. The van der Waals surface area contributed by atoms with Crippen molar-refractivity contribution in [1.29, 1.82) is 0 Å². The summed E-state index contributed by atoms with van der Waals surface area (Å²) in [6, 6.07) is 4.93. The molecule has 126 valence electrons. The zero-order valence-corrected chi connectivity index (χ0v) is 14.2. The summed E-state index contributed by atoms with van der Waals surface area (Å²) in [5, 5.41) is 0. The van der Waals surface area contributed by atoms with E-state index < -0.39 is 23.7 Å². The first-order chi connectivity index (χ1) is 10.7. The van der Waals surface area contributed by atoms with Crippen molar-refractivity contribution in [3.05, 3.63) is 29.3 Å². The largest absolute Gasteiger partial charge is 0.497 e. The van der Waals surface area contributed by atoms with Crippen LogP contribution in [0.3, 0.4) is 0 Å². The Morgan fingerprint density at radius 3 is 2.43 bits per heavy atom. The van der Waals surface area contributed by atoms with Gasteiger partial charge in [-0.25, -0.2) is 9.59 Å². The van der Waals surface area contributed by atoms with Gasteiger partial charge in [0.2, 0.25) is 0 Å². The minimum Gasteiger partial charge on any atom is -0.497 e. The third-order valence-corrected chi connectivity index (χ3v) is 3.64. The molecule has 0 aliphatic carbocycles. The van der Waals surface area contributed by atoms with Gasteiger partial charge in [-0.15, -0.1) is 0 Å².